The highest BCUT2D eigenvalue weighted by Crippen LogP contribution is 2.70. The number of hydrogen-bond acceptors (Lipinski definition) is 9. The van der Waals surface area contributed by atoms with Crippen molar-refractivity contribution in [2.75, 3.05) is 0 Å². The summed E-state index contributed by atoms with van der Waals surface area (Å²) in [4.78, 5) is 25.1. The van der Waals surface area contributed by atoms with E-state index in [1.807, 2.05) is 0 Å². The molecule has 4 aliphatic rings. The molecule has 0 heterocycles. The topological polar surface area (TPSA) is 154 Å². The molecule has 1 unspecified atom stereocenters. The van der Waals surface area contributed by atoms with E-state index in [4.69, 9.17) is 9.47 Å². The van der Waals surface area contributed by atoms with Gasteiger partial charge < -0.3 is 35.0 Å². The Balaban J connectivity index is 2.05. The van der Waals surface area contributed by atoms with Crippen LogP contribution in [0.4, 0.5) is 0 Å². The minimum atomic E-state index is -1.99. The quantitative estimate of drug-likeness (QED) is 0.364. The molecule has 0 saturated heterocycles. The van der Waals surface area contributed by atoms with E-state index in [9.17, 15) is 35.1 Å². The Labute approximate surface area is 200 Å². The van der Waals surface area contributed by atoms with Crippen molar-refractivity contribution in [2.24, 2.45) is 28.6 Å². The lowest BCUT2D eigenvalue weighted by atomic mass is 9.56. The summed E-state index contributed by atoms with van der Waals surface area (Å²) in [5, 5.41) is 58.6. The second kappa shape index (κ2) is 7.62. The smallest absolute Gasteiger partial charge is 0.305 e. The highest BCUT2D eigenvalue weighted by molar-refractivity contribution is 5.70. The maximum Gasteiger partial charge on any atom is 0.305 e. The predicted molar refractivity (Wildman–Crippen MR) is 119 cm³/mol. The SMILES string of the molecule is CCC(=O)O[C@@H]1[C@@H](OC(C)=O)[C@@]2(O)C(C[C@H](O)C2(C)C)[C@](C)(O)[C@H]2CC[C@H]3[C@@H](O)[C@]12C[C@@]3(C)O. The van der Waals surface area contributed by atoms with Crippen LogP contribution in [0.3, 0.4) is 0 Å². The summed E-state index contributed by atoms with van der Waals surface area (Å²) in [6.45, 7) is 9.27. The van der Waals surface area contributed by atoms with Gasteiger partial charge in [0.1, 0.15) is 5.60 Å². The zero-order valence-corrected chi connectivity index (χ0v) is 20.9. The van der Waals surface area contributed by atoms with E-state index in [-0.39, 0.29) is 19.3 Å². The van der Waals surface area contributed by atoms with Crippen molar-refractivity contribution < 1.29 is 44.6 Å². The molecule has 34 heavy (non-hydrogen) atoms. The Bertz CT molecular complexity index is 866. The van der Waals surface area contributed by atoms with Crippen molar-refractivity contribution >= 4 is 11.9 Å². The second-order valence-electron chi connectivity index (χ2n) is 12.2. The lowest BCUT2D eigenvalue weighted by Crippen LogP contribution is -2.65. The second-order valence-corrected chi connectivity index (χ2v) is 12.2. The van der Waals surface area contributed by atoms with Crippen molar-refractivity contribution in [1.82, 2.24) is 0 Å². The minimum Gasteiger partial charge on any atom is -0.458 e. The first kappa shape index (κ1) is 25.8. The van der Waals surface area contributed by atoms with E-state index in [0.29, 0.717) is 12.8 Å². The molecule has 0 amide bonds. The Morgan fingerprint density at radius 1 is 0.941 bits per heavy atom. The van der Waals surface area contributed by atoms with Crippen LogP contribution in [0.25, 0.3) is 0 Å². The van der Waals surface area contributed by atoms with E-state index in [2.05, 4.69) is 0 Å². The molecule has 4 aliphatic carbocycles. The van der Waals surface area contributed by atoms with Crippen LogP contribution in [-0.4, -0.2) is 78.7 Å². The Hall–Kier alpha value is -1.26. The summed E-state index contributed by atoms with van der Waals surface area (Å²) >= 11 is 0. The van der Waals surface area contributed by atoms with Crippen LogP contribution in [0, 0.1) is 28.6 Å². The predicted octanol–water partition coefficient (Wildman–Crippen LogP) is 0.671. The fraction of sp³-hybridized carbons (Fsp3) is 0.920. The van der Waals surface area contributed by atoms with Crippen LogP contribution < -0.4 is 0 Å². The molecule has 4 fully saturated rings. The van der Waals surface area contributed by atoms with E-state index in [1.165, 1.54) is 6.92 Å². The van der Waals surface area contributed by atoms with Gasteiger partial charge in [0.2, 0.25) is 0 Å². The first-order valence-electron chi connectivity index (χ1n) is 12.4. The number of aliphatic hydroxyl groups excluding tert-OH is 2. The van der Waals surface area contributed by atoms with Crippen LogP contribution in [0.2, 0.25) is 0 Å². The van der Waals surface area contributed by atoms with Crippen molar-refractivity contribution in [3.63, 3.8) is 0 Å². The minimum absolute atomic E-state index is 0.00213. The summed E-state index contributed by atoms with van der Waals surface area (Å²) in [6, 6.07) is 0. The molecule has 4 rings (SSSR count). The van der Waals surface area contributed by atoms with Crippen LogP contribution in [0.15, 0.2) is 0 Å². The fourth-order valence-corrected chi connectivity index (χ4v) is 8.43. The van der Waals surface area contributed by atoms with Gasteiger partial charge >= 0.3 is 11.9 Å². The van der Waals surface area contributed by atoms with Gasteiger partial charge in [0.25, 0.3) is 0 Å². The molecule has 9 heteroatoms. The molecule has 5 N–H and O–H groups in total. The molecule has 0 radical (unpaired) electrons. The molecule has 11 atom stereocenters. The van der Waals surface area contributed by atoms with E-state index in [0.717, 1.165) is 0 Å². The third-order valence-corrected chi connectivity index (χ3v) is 10.2. The summed E-state index contributed by atoms with van der Waals surface area (Å²) in [5.41, 5.74) is -7.58. The number of ether oxygens (including phenoxy) is 2. The summed E-state index contributed by atoms with van der Waals surface area (Å²) in [5.74, 6) is -3.53. The third-order valence-electron chi connectivity index (χ3n) is 10.2. The van der Waals surface area contributed by atoms with Crippen LogP contribution in [0.1, 0.15) is 73.6 Å². The van der Waals surface area contributed by atoms with Gasteiger partial charge in [0.05, 0.1) is 23.4 Å². The Kier molecular flexibility index (Phi) is 5.79. The van der Waals surface area contributed by atoms with Gasteiger partial charge in [0.15, 0.2) is 12.2 Å². The molecule has 4 saturated carbocycles. The summed E-state index contributed by atoms with van der Waals surface area (Å²) in [6.07, 6.45) is -4.15. The van der Waals surface area contributed by atoms with Gasteiger partial charge in [-0.15, -0.1) is 0 Å². The van der Waals surface area contributed by atoms with E-state index >= 15 is 0 Å². The molecular weight excluding hydrogens is 444 g/mol. The average Bonchev–Trinajstić information content (AvgIpc) is 2.94. The highest BCUT2D eigenvalue weighted by Gasteiger charge is 2.81. The number of esters is 2. The van der Waals surface area contributed by atoms with E-state index in [1.54, 1.807) is 34.6 Å². The molecule has 0 aliphatic heterocycles. The van der Waals surface area contributed by atoms with Gasteiger partial charge in [-0.3, -0.25) is 9.59 Å². The molecule has 9 nitrogen and oxygen atoms in total. The van der Waals surface area contributed by atoms with Crippen LogP contribution in [0.5, 0.6) is 0 Å². The number of fused-ring (bicyclic) bond motifs is 2. The van der Waals surface area contributed by atoms with Crippen molar-refractivity contribution in [3.05, 3.63) is 0 Å². The standard InChI is InChI=1S/C25H40O9/c1-7-17(28)34-19-20(33-12(2)26)25(32)15(10-16(27)21(25,3)4)23(6,31)14-9-8-13-18(29)24(14,19)11-22(13,5)30/h13-16,18-20,27,29-32H,7-11H2,1-6H3/t13-,14+,15?,16-,18+,19+,20+,22+,23+,24+,25-/m0/s1. The molecule has 0 aromatic rings. The van der Waals surface area contributed by atoms with Crippen molar-refractivity contribution in [3.8, 4) is 0 Å². The van der Waals surface area contributed by atoms with Crippen LogP contribution in [-0.2, 0) is 19.1 Å². The Morgan fingerprint density at radius 2 is 1.56 bits per heavy atom. The first-order chi connectivity index (χ1) is 15.5. The normalized spacial score (nSPS) is 53.4. The lowest BCUT2D eigenvalue weighted by molar-refractivity contribution is -0.241. The molecule has 2 bridgehead atoms. The number of rotatable bonds is 3. The number of aliphatic hydroxyl groups is 5. The van der Waals surface area contributed by atoms with Gasteiger partial charge in [-0.1, -0.05) is 20.8 Å². The maximum absolute atomic E-state index is 12.7. The average molecular weight is 485 g/mol. The first-order valence-corrected chi connectivity index (χ1v) is 12.4. The van der Waals surface area contributed by atoms with Crippen molar-refractivity contribution in [2.45, 2.75) is 115 Å². The van der Waals surface area contributed by atoms with Gasteiger partial charge in [0, 0.05) is 36.0 Å². The van der Waals surface area contributed by atoms with Gasteiger partial charge in [-0.25, -0.2) is 0 Å². The number of hydrogen-bond donors (Lipinski definition) is 5. The molecule has 1 spiro atoms. The van der Waals surface area contributed by atoms with Gasteiger partial charge in [-0.05, 0) is 45.4 Å². The monoisotopic (exact) mass is 484 g/mol. The largest absolute Gasteiger partial charge is 0.458 e. The van der Waals surface area contributed by atoms with E-state index < -0.39 is 81.7 Å². The highest BCUT2D eigenvalue weighted by atomic mass is 16.6. The zero-order chi connectivity index (χ0) is 25.6. The maximum atomic E-state index is 12.7. The molecule has 194 valence electrons. The zero-order valence-electron chi connectivity index (χ0n) is 20.9. The van der Waals surface area contributed by atoms with Gasteiger partial charge in [-0.2, -0.15) is 0 Å². The molecule has 0 aromatic carbocycles. The van der Waals surface area contributed by atoms with Crippen molar-refractivity contribution in [1.29, 1.82) is 0 Å². The van der Waals surface area contributed by atoms with Crippen LogP contribution >= 0.6 is 0 Å². The summed E-state index contributed by atoms with van der Waals surface area (Å²) in [7, 11) is 0. The summed E-state index contributed by atoms with van der Waals surface area (Å²) < 4.78 is 11.7. The molecular formula is C25H40O9. The number of carbonyl (C=O) groups excluding carboxylic acids is 2. The Morgan fingerprint density at radius 3 is 2.12 bits per heavy atom. The number of carbonyl (C=O) groups is 2. The lowest BCUT2D eigenvalue weighted by Gasteiger charge is -2.52. The molecule has 0 aromatic heterocycles. The fourth-order valence-electron chi connectivity index (χ4n) is 8.43. The third kappa shape index (κ3) is 3.03.